The van der Waals surface area contributed by atoms with Gasteiger partial charge in [0.15, 0.2) is 0 Å². The summed E-state index contributed by atoms with van der Waals surface area (Å²) in [4.78, 5) is 1.62. The second-order valence-corrected chi connectivity index (χ2v) is 4.77. The molecule has 2 rings (SSSR count). The van der Waals surface area contributed by atoms with Gasteiger partial charge in [-0.2, -0.15) is 0 Å². The predicted octanol–water partition coefficient (Wildman–Crippen LogP) is 2.54. The molecule has 2 heteroatoms. The van der Waals surface area contributed by atoms with Gasteiger partial charge in [0.25, 0.3) is 0 Å². The van der Waals surface area contributed by atoms with Crippen LogP contribution in [0.1, 0.15) is 32.1 Å². The van der Waals surface area contributed by atoms with Crippen molar-refractivity contribution in [3.8, 4) is 0 Å². The molecule has 0 saturated carbocycles. The maximum absolute atomic E-state index is 3.63. The molecule has 0 aliphatic carbocycles. The topological polar surface area (TPSA) is 12.0 Å². The number of hydrogen-bond acceptors (Lipinski definition) is 2. The van der Waals surface area contributed by atoms with Crippen molar-refractivity contribution in [2.45, 2.75) is 38.1 Å². The number of hydrogen-bond donors (Lipinski definition) is 1. The van der Waals surface area contributed by atoms with Crippen molar-refractivity contribution in [2.24, 2.45) is 0 Å². The first kappa shape index (κ1) is 8.64. The van der Waals surface area contributed by atoms with Crippen LogP contribution < -0.4 is 5.32 Å². The summed E-state index contributed by atoms with van der Waals surface area (Å²) in [7, 11) is 0. The predicted molar refractivity (Wildman–Crippen MR) is 55.4 cm³/mol. The van der Waals surface area contributed by atoms with Gasteiger partial charge < -0.3 is 5.32 Å². The van der Waals surface area contributed by atoms with Gasteiger partial charge in [-0.15, -0.1) is 11.8 Å². The molecular formula is C10H17NS. The first-order chi connectivity index (χ1) is 5.97. The van der Waals surface area contributed by atoms with E-state index in [9.17, 15) is 0 Å². The van der Waals surface area contributed by atoms with Gasteiger partial charge in [0.1, 0.15) is 0 Å². The molecule has 12 heavy (non-hydrogen) atoms. The third-order valence-electron chi connectivity index (χ3n) is 2.64. The number of thioether (sulfide) groups is 1. The Morgan fingerprint density at radius 3 is 3.17 bits per heavy atom. The molecule has 0 aromatic carbocycles. The van der Waals surface area contributed by atoms with E-state index in [4.69, 9.17) is 0 Å². The minimum Gasteiger partial charge on any atom is -0.309 e. The Labute approximate surface area is 79.0 Å². The van der Waals surface area contributed by atoms with Crippen LogP contribution in [-0.2, 0) is 0 Å². The highest BCUT2D eigenvalue weighted by Crippen LogP contribution is 2.30. The lowest BCUT2D eigenvalue weighted by atomic mass is 10.1. The summed E-state index contributed by atoms with van der Waals surface area (Å²) in [6.45, 7) is 1.22. The molecule has 0 amide bonds. The molecule has 0 bridgehead atoms. The molecule has 1 unspecified atom stereocenters. The molecule has 0 radical (unpaired) electrons. The van der Waals surface area contributed by atoms with E-state index in [1.165, 1.54) is 44.4 Å². The van der Waals surface area contributed by atoms with Gasteiger partial charge >= 0.3 is 0 Å². The fraction of sp³-hybridized carbons (Fsp3) is 0.800. The monoisotopic (exact) mass is 183 g/mol. The molecule has 0 spiro atoms. The van der Waals surface area contributed by atoms with E-state index in [1.54, 1.807) is 4.91 Å². The van der Waals surface area contributed by atoms with Crippen molar-refractivity contribution in [1.29, 1.82) is 0 Å². The first-order valence-corrected chi connectivity index (χ1v) is 6.01. The van der Waals surface area contributed by atoms with E-state index in [2.05, 4.69) is 23.2 Å². The van der Waals surface area contributed by atoms with Crippen molar-refractivity contribution in [2.75, 3.05) is 12.3 Å². The molecule has 1 saturated heterocycles. The fourth-order valence-corrected chi connectivity index (χ4v) is 3.06. The molecule has 0 aromatic heterocycles. The lowest BCUT2D eigenvalue weighted by Crippen LogP contribution is -2.28. The van der Waals surface area contributed by atoms with Crippen molar-refractivity contribution in [1.82, 2.24) is 5.32 Å². The van der Waals surface area contributed by atoms with Gasteiger partial charge in [-0.1, -0.05) is 18.9 Å². The minimum absolute atomic E-state index is 0.708. The van der Waals surface area contributed by atoms with Gasteiger partial charge in [-0.25, -0.2) is 0 Å². The normalized spacial score (nSPS) is 31.3. The number of nitrogens with one attached hydrogen (secondary N) is 1. The maximum atomic E-state index is 3.63. The van der Waals surface area contributed by atoms with E-state index < -0.39 is 0 Å². The fourth-order valence-electron chi connectivity index (χ4n) is 1.95. The summed E-state index contributed by atoms with van der Waals surface area (Å²) in [5.41, 5.74) is 0. The van der Waals surface area contributed by atoms with Crippen LogP contribution in [0.3, 0.4) is 0 Å². The Bertz CT molecular complexity index is 169. The number of allylic oxidation sites excluding steroid dienone is 1. The zero-order valence-electron chi connectivity index (χ0n) is 7.51. The summed E-state index contributed by atoms with van der Waals surface area (Å²) in [5, 5.41) is 3.63. The van der Waals surface area contributed by atoms with Crippen LogP contribution in [0.4, 0.5) is 0 Å². The number of rotatable bonds is 1. The second kappa shape index (κ2) is 4.33. The molecular weight excluding hydrogens is 166 g/mol. The lowest BCUT2D eigenvalue weighted by Gasteiger charge is -2.16. The first-order valence-electron chi connectivity index (χ1n) is 5.03. The van der Waals surface area contributed by atoms with E-state index in [-0.39, 0.29) is 0 Å². The SMILES string of the molecule is C1=C(C2CCCCCN2)SCC1. The van der Waals surface area contributed by atoms with Gasteiger partial charge in [0.2, 0.25) is 0 Å². The Morgan fingerprint density at radius 2 is 2.33 bits per heavy atom. The van der Waals surface area contributed by atoms with Crippen molar-refractivity contribution in [3.05, 3.63) is 11.0 Å². The molecule has 1 N–H and O–H groups in total. The van der Waals surface area contributed by atoms with Crippen LogP contribution >= 0.6 is 11.8 Å². The van der Waals surface area contributed by atoms with Crippen molar-refractivity contribution >= 4 is 11.8 Å². The summed E-state index contributed by atoms with van der Waals surface area (Å²) < 4.78 is 0. The average molecular weight is 183 g/mol. The van der Waals surface area contributed by atoms with Crippen molar-refractivity contribution in [3.63, 3.8) is 0 Å². The second-order valence-electron chi connectivity index (χ2n) is 3.60. The molecule has 2 aliphatic heterocycles. The van der Waals surface area contributed by atoms with E-state index in [1.807, 2.05) is 0 Å². The van der Waals surface area contributed by atoms with Crippen LogP contribution in [0.25, 0.3) is 0 Å². The molecule has 68 valence electrons. The van der Waals surface area contributed by atoms with Crippen LogP contribution in [0.5, 0.6) is 0 Å². The van der Waals surface area contributed by atoms with E-state index in [0.29, 0.717) is 6.04 Å². The van der Waals surface area contributed by atoms with Gasteiger partial charge in [0, 0.05) is 11.8 Å². The van der Waals surface area contributed by atoms with Crippen LogP contribution in [0.2, 0.25) is 0 Å². The maximum Gasteiger partial charge on any atom is 0.0376 e. The quantitative estimate of drug-likeness (QED) is 0.670. The summed E-state index contributed by atoms with van der Waals surface area (Å²) in [6.07, 6.45) is 9.27. The van der Waals surface area contributed by atoms with Gasteiger partial charge in [-0.3, -0.25) is 0 Å². The molecule has 1 nitrogen and oxygen atoms in total. The third-order valence-corrected chi connectivity index (χ3v) is 3.86. The Hall–Kier alpha value is 0.0500. The summed E-state index contributed by atoms with van der Waals surface area (Å²) >= 11 is 2.06. The smallest absolute Gasteiger partial charge is 0.0376 e. The van der Waals surface area contributed by atoms with Gasteiger partial charge in [0.05, 0.1) is 0 Å². The Morgan fingerprint density at radius 1 is 1.33 bits per heavy atom. The Balaban J connectivity index is 1.91. The van der Waals surface area contributed by atoms with Crippen LogP contribution in [0.15, 0.2) is 11.0 Å². The highest BCUT2D eigenvalue weighted by atomic mass is 32.2. The highest BCUT2D eigenvalue weighted by molar-refractivity contribution is 8.03. The molecule has 2 aliphatic rings. The largest absolute Gasteiger partial charge is 0.309 e. The average Bonchev–Trinajstić information content (AvgIpc) is 2.48. The van der Waals surface area contributed by atoms with E-state index >= 15 is 0 Å². The summed E-state index contributed by atoms with van der Waals surface area (Å²) in [5.74, 6) is 1.31. The molecule has 0 aromatic rings. The van der Waals surface area contributed by atoms with Crippen LogP contribution in [0, 0.1) is 0 Å². The van der Waals surface area contributed by atoms with Crippen molar-refractivity contribution < 1.29 is 0 Å². The molecule has 2 heterocycles. The van der Waals surface area contributed by atoms with Crippen LogP contribution in [-0.4, -0.2) is 18.3 Å². The lowest BCUT2D eigenvalue weighted by molar-refractivity contribution is 0.591. The third kappa shape index (κ3) is 2.05. The molecule has 1 atom stereocenters. The highest BCUT2D eigenvalue weighted by Gasteiger charge is 2.18. The summed E-state index contributed by atoms with van der Waals surface area (Å²) in [6, 6.07) is 0.708. The zero-order valence-corrected chi connectivity index (χ0v) is 8.33. The Kier molecular flexibility index (Phi) is 3.12. The zero-order chi connectivity index (χ0) is 8.23. The van der Waals surface area contributed by atoms with E-state index in [0.717, 1.165) is 0 Å². The molecule has 1 fully saturated rings. The standard InChI is InChI=1S/C10H17NS/c1-2-5-9(11-7-3-1)10-6-4-8-12-10/h6,9,11H,1-5,7-8H2. The minimum atomic E-state index is 0.708. The van der Waals surface area contributed by atoms with Gasteiger partial charge in [-0.05, 0) is 30.7 Å².